The monoisotopic (exact) mass is 367 g/mol. The van der Waals surface area contributed by atoms with Crippen molar-refractivity contribution < 1.29 is 23.5 Å². The Hall–Kier alpha value is -3.55. The van der Waals surface area contributed by atoms with Crippen LogP contribution in [0.15, 0.2) is 47.0 Å². The van der Waals surface area contributed by atoms with Crippen LogP contribution in [0.2, 0.25) is 0 Å². The van der Waals surface area contributed by atoms with Gasteiger partial charge >= 0.3 is 0 Å². The number of carbonyl (C=O) groups is 1. The zero-order valence-electron chi connectivity index (χ0n) is 14.6. The molecule has 1 N–H and O–H groups in total. The van der Waals surface area contributed by atoms with Gasteiger partial charge in [0.15, 0.2) is 11.5 Å². The lowest BCUT2D eigenvalue weighted by Gasteiger charge is -2.18. The first-order valence-electron chi connectivity index (χ1n) is 8.38. The summed E-state index contributed by atoms with van der Waals surface area (Å²) in [6.45, 7) is 1.01. The maximum absolute atomic E-state index is 12.3. The van der Waals surface area contributed by atoms with Crippen LogP contribution in [0.5, 0.6) is 17.2 Å². The quantitative estimate of drug-likeness (QED) is 0.741. The second-order valence-corrected chi connectivity index (χ2v) is 5.82. The van der Waals surface area contributed by atoms with Crippen LogP contribution in [0.4, 0.5) is 5.69 Å². The van der Waals surface area contributed by atoms with E-state index in [2.05, 4.69) is 15.5 Å². The van der Waals surface area contributed by atoms with Crippen LogP contribution < -0.4 is 19.5 Å². The number of hydrogen-bond donors (Lipinski definition) is 1. The number of hydrogen-bond acceptors (Lipinski definition) is 7. The van der Waals surface area contributed by atoms with E-state index in [1.165, 1.54) is 0 Å². The van der Waals surface area contributed by atoms with Crippen LogP contribution in [0, 0.1) is 0 Å². The number of nitrogens with one attached hydrogen (secondary N) is 1. The number of carbonyl (C=O) groups excluding carboxylic acids is 1. The number of benzene rings is 2. The summed E-state index contributed by atoms with van der Waals surface area (Å²) in [7, 11) is 1.60. The Bertz CT molecular complexity index is 952. The zero-order valence-corrected chi connectivity index (χ0v) is 14.6. The molecule has 2 aromatic carbocycles. The third-order valence-electron chi connectivity index (χ3n) is 3.95. The number of nitrogens with zero attached hydrogens (tertiary/aromatic N) is 2. The molecule has 2 heterocycles. The second kappa shape index (κ2) is 7.36. The molecule has 0 bridgehead atoms. The van der Waals surface area contributed by atoms with Crippen molar-refractivity contribution in [3.8, 4) is 28.6 Å². The highest BCUT2D eigenvalue weighted by molar-refractivity contribution is 5.92. The molecular weight excluding hydrogens is 350 g/mol. The Morgan fingerprint density at radius 2 is 1.89 bits per heavy atom. The molecule has 1 aromatic heterocycles. The topological polar surface area (TPSA) is 95.7 Å². The van der Waals surface area contributed by atoms with E-state index in [1.54, 1.807) is 37.4 Å². The minimum Gasteiger partial charge on any atom is -0.497 e. The summed E-state index contributed by atoms with van der Waals surface area (Å²) in [5, 5.41) is 6.70. The van der Waals surface area contributed by atoms with Gasteiger partial charge in [-0.15, -0.1) is 0 Å². The molecule has 138 valence electrons. The largest absolute Gasteiger partial charge is 0.497 e. The molecule has 0 aliphatic carbocycles. The Morgan fingerprint density at radius 1 is 1.11 bits per heavy atom. The minimum absolute atomic E-state index is 0.0302. The second-order valence-electron chi connectivity index (χ2n) is 5.82. The predicted octanol–water partition coefficient (Wildman–Crippen LogP) is 2.70. The molecule has 1 aliphatic heterocycles. The van der Waals surface area contributed by atoms with Gasteiger partial charge in [-0.3, -0.25) is 4.79 Å². The van der Waals surface area contributed by atoms with Crippen LogP contribution in [-0.2, 0) is 11.2 Å². The van der Waals surface area contributed by atoms with Gasteiger partial charge in [-0.05, 0) is 36.4 Å². The van der Waals surface area contributed by atoms with E-state index in [9.17, 15) is 4.79 Å². The first kappa shape index (κ1) is 16.9. The molecule has 8 heteroatoms. The molecule has 0 radical (unpaired) electrons. The van der Waals surface area contributed by atoms with Crippen LogP contribution in [0.1, 0.15) is 5.89 Å². The zero-order chi connectivity index (χ0) is 18.6. The Kier molecular flexibility index (Phi) is 4.61. The van der Waals surface area contributed by atoms with E-state index < -0.39 is 0 Å². The number of fused-ring (bicyclic) bond motifs is 1. The number of amides is 1. The first-order valence-corrected chi connectivity index (χ1v) is 8.38. The molecule has 0 spiro atoms. The van der Waals surface area contributed by atoms with Crippen molar-refractivity contribution in [1.29, 1.82) is 0 Å². The van der Waals surface area contributed by atoms with Crippen molar-refractivity contribution in [1.82, 2.24) is 10.1 Å². The van der Waals surface area contributed by atoms with Gasteiger partial charge in [-0.1, -0.05) is 5.16 Å². The van der Waals surface area contributed by atoms with E-state index >= 15 is 0 Å². The van der Waals surface area contributed by atoms with E-state index in [4.69, 9.17) is 18.7 Å². The molecule has 1 amide bonds. The maximum atomic E-state index is 12.3. The standard InChI is InChI=1S/C19H17N3O5/c1-24-14-5-2-12(3-6-14)19-21-18(27-22-19)11-17(23)20-13-4-7-15-16(10-13)26-9-8-25-15/h2-7,10H,8-9,11H2,1H3,(H,20,23). The van der Waals surface area contributed by atoms with Gasteiger partial charge in [0, 0.05) is 17.3 Å². The van der Waals surface area contributed by atoms with Gasteiger partial charge in [-0.2, -0.15) is 4.98 Å². The summed E-state index contributed by atoms with van der Waals surface area (Å²) >= 11 is 0. The third kappa shape index (κ3) is 3.84. The molecule has 4 rings (SSSR count). The van der Waals surface area contributed by atoms with E-state index in [1.807, 2.05) is 12.1 Å². The number of aromatic nitrogens is 2. The predicted molar refractivity (Wildman–Crippen MR) is 96.1 cm³/mol. The highest BCUT2D eigenvalue weighted by Gasteiger charge is 2.15. The lowest BCUT2D eigenvalue weighted by Crippen LogP contribution is -2.17. The average molecular weight is 367 g/mol. The van der Waals surface area contributed by atoms with Crippen molar-refractivity contribution in [2.75, 3.05) is 25.6 Å². The fourth-order valence-corrected chi connectivity index (χ4v) is 2.65. The number of ether oxygens (including phenoxy) is 3. The van der Waals surface area contributed by atoms with Crippen LogP contribution in [-0.4, -0.2) is 36.4 Å². The van der Waals surface area contributed by atoms with Crippen molar-refractivity contribution in [3.63, 3.8) is 0 Å². The summed E-state index contributed by atoms with van der Waals surface area (Å²) in [5.74, 6) is 2.40. The Balaban J connectivity index is 1.40. The molecular formula is C19H17N3O5. The van der Waals surface area contributed by atoms with Gasteiger partial charge < -0.3 is 24.1 Å². The first-order chi connectivity index (χ1) is 13.2. The molecule has 0 fully saturated rings. The lowest BCUT2D eigenvalue weighted by atomic mass is 10.2. The molecule has 27 heavy (non-hydrogen) atoms. The van der Waals surface area contributed by atoms with E-state index in [0.29, 0.717) is 36.2 Å². The SMILES string of the molecule is COc1ccc(-c2noc(CC(=O)Nc3ccc4c(c3)OCCO4)n2)cc1. The van der Waals surface area contributed by atoms with Crippen LogP contribution in [0.25, 0.3) is 11.4 Å². The van der Waals surface area contributed by atoms with Crippen LogP contribution >= 0.6 is 0 Å². The molecule has 0 saturated heterocycles. The van der Waals surface area contributed by atoms with E-state index in [-0.39, 0.29) is 18.2 Å². The van der Waals surface area contributed by atoms with E-state index in [0.717, 1.165) is 11.3 Å². The van der Waals surface area contributed by atoms with Gasteiger partial charge in [0.25, 0.3) is 0 Å². The van der Waals surface area contributed by atoms with Crippen molar-refractivity contribution in [2.45, 2.75) is 6.42 Å². The fourth-order valence-electron chi connectivity index (χ4n) is 2.65. The summed E-state index contributed by atoms with van der Waals surface area (Å²) in [5.41, 5.74) is 1.39. The van der Waals surface area contributed by atoms with Gasteiger partial charge in [-0.25, -0.2) is 0 Å². The smallest absolute Gasteiger partial charge is 0.236 e. The minimum atomic E-state index is -0.267. The molecule has 8 nitrogen and oxygen atoms in total. The summed E-state index contributed by atoms with van der Waals surface area (Å²) in [4.78, 5) is 16.5. The molecule has 0 saturated carbocycles. The Labute approximate surface area is 155 Å². The van der Waals surface area contributed by atoms with Crippen molar-refractivity contribution >= 4 is 11.6 Å². The van der Waals surface area contributed by atoms with Gasteiger partial charge in [0.2, 0.25) is 17.6 Å². The number of methoxy groups -OCH3 is 1. The highest BCUT2D eigenvalue weighted by atomic mass is 16.6. The Morgan fingerprint density at radius 3 is 2.67 bits per heavy atom. The molecule has 3 aromatic rings. The highest BCUT2D eigenvalue weighted by Crippen LogP contribution is 2.32. The fraction of sp³-hybridized carbons (Fsp3) is 0.211. The van der Waals surface area contributed by atoms with Crippen molar-refractivity contribution in [2.24, 2.45) is 0 Å². The van der Waals surface area contributed by atoms with Crippen LogP contribution in [0.3, 0.4) is 0 Å². The molecule has 1 aliphatic rings. The molecule has 0 unspecified atom stereocenters. The lowest BCUT2D eigenvalue weighted by molar-refractivity contribution is -0.115. The number of rotatable bonds is 5. The molecule has 0 atom stereocenters. The van der Waals surface area contributed by atoms with Gasteiger partial charge in [0.1, 0.15) is 25.4 Å². The van der Waals surface area contributed by atoms with Gasteiger partial charge in [0.05, 0.1) is 7.11 Å². The number of anilines is 1. The summed E-state index contributed by atoms with van der Waals surface area (Å²) in [6.07, 6.45) is -0.0302. The third-order valence-corrected chi connectivity index (χ3v) is 3.95. The average Bonchev–Trinajstić information content (AvgIpc) is 3.16. The maximum Gasteiger partial charge on any atom is 0.236 e. The normalized spacial score (nSPS) is 12.5. The summed E-state index contributed by atoms with van der Waals surface area (Å²) < 4.78 is 21.3. The summed E-state index contributed by atoms with van der Waals surface area (Å²) in [6, 6.07) is 12.5. The van der Waals surface area contributed by atoms with Crippen molar-refractivity contribution in [3.05, 3.63) is 48.4 Å².